The molecule has 7 atom stereocenters. The minimum Gasteiger partial charge on any atom is -0.497 e. The lowest BCUT2D eigenvalue weighted by atomic mass is 9.87. The number of ether oxygens (including phenoxy) is 6. The van der Waals surface area contributed by atoms with Crippen LogP contribution in [0.4, 0.5) is 0 Å². The van der Waals surface area contributed by atoms with E-state index < -0.39 is 14.4 Å². The van der Waals surface area contributed by atoms with Crippen molar-refractivity contribution in [1.82, 2.24) is 0 Å². The summed E-state index contributed by atoms with van der Waals surface area (Å²) in [6.45, 7) is 18.5. The summed E-state index contributed by atoms with van der Waals surface area (Å²) in [7, 11) is -1.05. The molecule has 8 nitrogen and oxygen atoms in total. The second-order valence-corrected chi connectivity index (χ2v) is 25.0. The summed E-state index contributed by atoms with van der Waals surface area (Å²) >= 11 is 0. The van der Waals surface area contributed by atoms with Gasteiger partial charge in [0.15, 0.2) is 0 Å². The van der Waals surface area contributed by atoms with Gasteiger partial charge in [-0.15, -0.1) is 0 Å². The summed E-state index contributed by atoms with van der Waals surface area (Å²) in [6.07, 6.45) is 7.17. The molecule has 0 aromatic heterocycles. The molecule has 382 valence electrons. The molecule has 0 aliphatic heterocycles. The fourth-order valence-corrected chi connectivity index (χ4v) is 14.6. The lowest BCUT2D eigenvalue weighted by Crippen LogP contribution is -2.66. The molecule has 0 radical (unpaired) electrons. The Bertz CT molecular complexity index is 2040. The van der Waals surface area contributed by atoms with Crippen molar-refractivity contribution in [3.05, 3.63) is 162 Å². The zero-order valence-corrected chi connectivity index (χ0v) is 44.8. The standard InChI is InChI=1S/C61H86O8Si/c1-9-22-56(66-45-53-31-33-55(63-8)34-32-53)39-48(2)37-54(62)38-49(3)41-58(68-47-65-44-52-25-16-11-17-26-52)42-50(4)40-57(67-46-64-43-51-23-14-10-15-24-51)35-36-69-70(61(5,6)7,59-27-18-12-19-28-59)60-29-20-13-21-30-60/h10-21,23-34,48-50,54,56-58,62H,9,22,35-47H2,1-8H3/t48-,49+,50-,54-,56-,57+,58-/m1/s1. The third kappa shape index (κ3) is 19.5. The molecular formula is C61H86O8Si. The average molecular weight is 975 g/mol. The Labute approximate surface area is 423 Å². The number of methoxy groups -OCH3 is 1. The van der Waals surface area contributed by atoms with Crippen LogP contribution in [0.15, 0.2) is 146 Å². The quantitative estimate of drug-likeness (QED) is 0.0248. The lowest BCUT2D eigenvalue weighted by Gasteiger charge is -2.43. The number of rotatable bonds is 34. The van der Waals surface area contributed by atoms with Crippen LogP contribution in [0.3, 0.4) is 0 Å². The minimum absolute atomic E-state index is 0.0611. The van der Waals surface area contributed by atoms with Crippen molar-refractivity contribution in [2.45, 2.75) is 156 Å². The van der Waals surface area contributed by atoms with Crippen molar-refractivity contribution < 1.29 is 38.0 Å². The Morgan fingerprint density at radius 2 is 0.900 bits per heavy atom. The maximum atomic E-state index is 11.5. The number of hydrogen-bond acceptors (Lipinski definition) is 8. The molecule has 0 aliphatic rings. The normalized spacial score (nSPS) is 15.2. The van der Waals surface area contributed by atoms with E-state index >= 15 is 0 Å². The van der Waals surface area contributed by atoms with Gasteiger partial charge < -0.3 is 38.0 Å². The van der Waals surface area contributed by atoms with Gasteiger partial charge in [0.2, 0.25) is 0 Å². The highest BCUT2D eigenvalue weighted by molar-refractivity contribution is 6.99. The molecule has 0 unspecified atom stereocenters. The Morgan fingerprint density at radius 1 is 0.486 bits per heavy atom. The fraction of sp³-hybridized carbons (Fsp3) is 0.508. The molecule has 0 bridgehead atoms. The molecule has 0 heterocycles. The lowest BCUT2D eigenvalue weighted by molar-refractivity contribution is -0.117. The molecule has 0 fully saturated rings. The van der Waals surface area contributed by atoms with Gasteiger partial charge in [0.25, 0.3) is 8.32 Å². The van der Waals surface area contributed by atoms with Crippen LogP contribution in [0, 0.1) is 17.8 Å². The summed E-state index contributed by atoms with van der Waals surface area (Å²) in [6, 6.07) is 50.2. The number of hydrogen-bond donors (Lipinski definition) is 1. The van der Waals surface area contributed by atoms with E-state index in [1.807, 2.05) is 48.5 Å². The molecule has 0 amide bonds. The van der Waals surface area contributed by atoms with E-state index in [1.54, 1.807) is 7.11 Å². The zero-order chi connectivity index (χ0) is 50.0. The Kier molecular flexibility index (Phi) is 24.9. The molecule has 0 spiro atoms. The Balaban J connectivity index is 1.23. The van der Waals surface area contributed by atoms with Crippen molar-refractivity contribution in [2.75, 3.05) is 27.3 Å². The maximum absolute atomic E-state index is 11.5. The molecule has 5 aromatic carbocycles. The summed E-state index contributed by atoms with van der Waals surface area (Å²) in [5, 5.41) is 13.9. The van der Waals surface area contributed by atoms with Crippen LogP contribution in [0.5, 0.6) is 5.75 Å². The predicted octanol–water partition coefficient (Wildman–Crippen LogP) is 13.1. The van der Waals surface area contributed by atoms with Crippen LogP contribution in [0.2, 0.25) is 5.04 Å². The topological polar surface area (TPSA) is 84.8 Å². The highest BCUT2D eigenvalue weighted by Gasteiger charge is 2.50. The first-order valence-corrected chi connectivity index (χ1v) is 27.9. The summed E-state index contributed by atoms with van der Waals surface area (Å²) in [5.41, 5.74) is 3.37. The number of aliphatic hydroxyl groups is 1. The first kappa shape index (κ1) is 56.7. The van der Waals surface area contributed by atoms with E-state index in [0.29, 0.717) is 38.8 Å². The third-order valence-electron chi connectivity index (χ3n) is 13.4. The predicted molar refractivity (Wildman–Crippen MR) is 288 cm³/mol. The van der Waals surface area contributed by atoms with E-state index in [4.69, 9.17) is 32.8 Å². The van der Waals surface area contributed by atoms with Crippen LogP contribution in [-0.4, -0.2) is 65.1 Å². The van der Waals surface area contributed by atoms with Crippen LogP contribution in [-0.2, 0) is 47.9 Å². The second-order valence-electron chi connectivity index (χ2n) is 20.7. The first-order valence-electron chi connectivity index (χ1n) is 26.0. The van der Waals surface area contributed by atoms with E-state index in [2.05, 4.69) is 146 Å². The fourth-order valence-electron chi connectivity index (χ4n) is 10.00. The SMILES string of the molecule is CCC[C@H](C[C@H](C)C[C@@H](O)C[C@H](C)C[C@H](C[C@H](C)C[C@H](CCO[Si](c1ccccc1)(c1ccccc1)C(C)(C)C)OCOCc1ccccc1)OCOCc1ccccc1)OCc1ccc(OC)cc1. The smallest absolute Gasteiger partial charge is 0.261 e. The van der Waals surface area contributed by atoms with Gasteiger partial charge in [-0.25, -0.2) is 0 Å². The van der Waals surface area contributed by atoms with Gasteiger partial charge in [-0.3, -0.25) is 0 Å². The van der Waals surface area contributed by atoms with E-state index in [-0.39, 0.29) is 48.8 Å². The van der Waals surface area contributed by atoms with Gasteiger partial charge in [0.1, 0.15) is 19.3 Å². The van der Waals surface area contributed by atoms with Crippen LogP contribution in [0.25, 0.3) is 0 Å². The van der Waals surface area contributed by atoms with Crippen LogP contribution < -0.4 is 15.1 Å². The van der Waals surface area contributed by atoms with Gasteiger partial charge in [-0.05, 0) is 113 Å². The molecule has 5 rings (SSSR count). The van der Waals surface area contributed by atoms with Gasteiger partial charge in [-0.1, -0.05) is 188 Å². The first-order chi connectivity index (χ1) is 33.9. The maximum Gasteiger partial charge on any atom is 0.261 e. The summed E-state index contributed by atoms with van der Waals surface area (Å²) in [5.74, 6) is 1.67. The highest BCUT2D eigenvalue weighted by atomic mass is 28.4. The zero-order valence-electron chi connectivity index (χ0n) is 43.8. The summed E-state index contributed by atoms with van der Waals surface area (Å²) < 4.78 is 44.6. The van der Waals surface area contributed by atoms with E-state index in [1.165, 1.54) is 10.4 Å². The highest BCUT2D eigenvalue weighted by Crippen LogP contribution is 2.37. The number of aliphatic hydroxyl groups excluding tert-OH is 1. The molecule has 70 heavy (non-hydrogen) atoms. The Hall–Kier alpha value is -4.16. The monoisotopic (exact) mass is 975 g/mol. The van der Waals surface area contributed by atoms with Gasteiger partial charge >= 0.3 is 0 Å². The van der Waals surface area contributed by atoms with Crippen LogP contribution in [0.1, 0.15) is 123 Å². The molecule has 0 saturated heterocycles. The third-order valence-corrected chi connectivity index (χ3v) is 18.5. The van der Waals surface area contributed by atoms with Crippen molar-refractivity contribution >= 4 is 18.7 Å². The molecule has 0 saturated carbocycles. The molecule has 0 aliphatic carbocycles. The largest absolute Gasteiger partial charge is 0.497 e. The molecule has 1 N–H and O–H groups in total. The van der Waals surface area contributed by atoms with E-state index in [0.717, 1.165) is 73.8 Å². The number of benzene rings is 5. The summed E-state index contributed by atoms with van der Waals surface area (Å²) in [4.78, 5) is 0. The van der Waals surface area contributed by atoms with Gasteiger partial charge in [0, 0.05) is 6.61 Å². The minimum atomic E-state index is -2.73. The molecular weight excluding hydrogens is 889 g/mol. The molecule has 5 aromatic rings. The molecule has 9 heteroatoms. The Morgan fingerprint density at radius 3 is 1.36 bits per heavy atom. The average Bonchev–Trinajstić information content (AvgIpc) is 3.35. The van der Waals surface area contributed by atoms with Crippen molar-refractivity contribution in [1.29, 1.82) is 0 Å². The van der Waals surface area contributed by atoms with Crippen molar-refractivity contribution in [2.24, 2.45) is 17.8 Å². The van der Waals surface area contributed by atoms with Crippen molar-refractivity contribution in [3.8, 4) is 5.75 Å². The second kappa shape index (κ2) is 30.7. The van der Waals surface area contributed by atoms with Gasteiger partial charge in [0.05, 0.1) is 51.3 Å². The van der Waals surface area contributed by atoms with Gasteiger partial charge in [-0.2, -0.15) is 0 Å². The van der Waals surface area contributed by atoms with E-state index in [9.17, 15) is 5.11 Å². The van der Waals surface area contributed by atoms with Crippen molar-refractivity contribution in [3.63, 3.8) is 0 Å². The van der Waals surface area contributed by atoms with Crippen LogP contribution >= 0.6 is 0 Å².